The summed E-state index contributed by atoms with van der Waals surface area (Å²) in [5.41, 5.74) is 0.308. The van der Waals surface area contributed by atoms with Gasteiger partial charge in [-0.2, -0.15) is 0 Å². The van der Waals surface area contributed by atoms with E-state index >= 15 is 0 Å². The Labute approximate surface area is 120 Å². The van der Waals surface area contributed by atoms with Crippen molar-refractivity contribution in [2.75, 3.05) is 0 Å². The first-order valence-corrected chi connectivity index (χ1v) is 7.67. The van der Waals surface area contributed by atoms with Crippen molar-refractivity contribution in [3.05, 3.63) is 48.0 Å². The van der Waals surface area contributed by atoms with E-state index < -0.39 is 0 Å². The second kappa shape index (κ2) is 5.43. The number of ether oxygens (including phenoxy) is 1. The molecule has 0 amide bonds. The molecule has 0 spiro atoms. The van der Waals surface area contributed by atoms with Crippen LogP contribution in [0, 0.1) is 11.8 Å². The van der Waals surface area contributed by atoms with Crippen molar-refractivity contribution in [3.63, 3.8) is 0 Å². The van der Waals surface area contributed by atoms with Crippen LogP contribution in [0.25, 0.3) is 0 Å². The summed E-state index contributed by atoms with van der Waals surface area (Å²) in [6.45, 7) is 2.01. The highest BCUT2D eigenvalue weighted by molar-refractivity contribution is 5.89. The first-order valence-electron chi connectivity index (χ1n) is 7.67. The standard InChI is InChI=1S/C18H22O2/c1-2-12-18(13-15-10-6-7-11-16(15)18)20-17(19)14-8-4-3-5-9-14/h2-5,8-9,12,15-16H,6-7,10-11,13H2,1H3/b12-2+/t15-,16-,18+/m0/s1. The van der Waals surface area contributed by atoms with Crippen LogP contribution in [0.3, 0.4) is 0 Å². The second-order valence-corrected chi connectivity index (χ2v) is 6.07. The summed E-state index contributed by atoms with van der Waals surface area (Å²) in [5.74, 6) is 1.09. The van der Waals surface area contributed by atoms with Gasteiger partial charge in [0.05, 0.1) is 5.56 Å². The average molecular weight is 270 g/mol. The number of benzene rings is 1. The third kappa shape index (κ3) is 2.28. The molecule has 0 saturated heterocycles. The summed E-state index contributed by atoms with van der Waals surface area (Å²) in [5, 5.41) is 0. The molecule has 3 atom stereocenters. The molecule has 0 unspecified atom stereocenters. The van der Waals surface area contributed by atoms with E-state index in [0.717, 1.165) is 12.3 Å². The van der Waals surface area contributed by atoms with Crippen LogP contribution in [0.4, 0.5) is 0 Å². The summed E-state index contributed by atoms with van der Waals surface area (Å²) >= 11 is 0. The minimum absolute atomic E-state index is 0.187. The Balaban J connectivity index is 1.77. The predicted molar refractivity (Wildman–Crippen MR) is 79.5 cm³/mol. The Hall–Kier alpha value is -1.57. The Morgan fingerprint density at radius 2 is 2.00 bits per heavy atom. The van der Waals surface area contributed by atoms with E-state index in [9.17, 15) is 4.79 Å². The third-order valence-electron chi connectivity index (χ3n) is 4.86. The number of hydrogen-bond acceptors (Lipinski definition) is 2. The van der Waals surface area contributed by atoms with Crippen molar-refractivity contribution in [1.29, 1.82) is 0 Å². The van der Waals surface area contributed by atoms with Crippen molar-refractivity contribution in [3.8, 4) is 0 Å². The molecule has 1 aromatic carbocycles. The van der Waals surface area contributed by atoms with Gasteiger partial charge in [-0.25, -0.2) is 4.79 Å². The largest absolute Gasteiger partial charge is 0.451 e. The lowest BCUT2D eigenvalue weighted by molar-refractivity contribution is -0.127. The number of hydrogen-bond donors (Lipinski definition) is 0. The Morgan fingerprint density at radius 3 is 2.70 bits per heavy atom. The number of carbonyl (C=O) groups is 1. The van der Waals surface area contributed by atoms with Crippen LogP contribution >= 0.6 is 0 Å². The molecule has 2 nitrogen and oxygen atoms in total. The van der Waals surface area contributed by atoms with E-state index in [1.54, 1.807) is 0 Å². The number of carbonyl (C=O) groups excluding carboxylic acids is 1. The summed E-state index contributed by atoms with van der Waals surface area (Å²) < 4.78 is 5.94. The fourth-order valence-corrected chi connectivity index (χ4v) is 3.93. The monoisotopic (exact) mass is 270 g/mol. The van der Waals surface area contributed by atoms with Gasteiger partial charge < -0.3 is 4.74 Å². The van der Waals surface area contributed by atoms with Crippen LogP contribution in [0.15, 0.2) is 42.5 Å². The molecule has 3 rings (SSSR count). The summed E-state index contributed by atoms with van der Waals surface area (Å²) in [6.07, 6.45) is 10.2. The highest BCUT2D eigenvalue weighted by Gasteiger charge is 2.55. The van der Waals surface area contributed by atoms with E-state index in [1.165, 1.54) is 25.7 Å². The Bertz CT molecular complexity index is 505. The van der Waals surface area contributed by atoms with Crippen molar-refractivity contribution < 1.29 is 9.53 Å². The Morgan fingerprint density at radius 1 is 1.25 bits per heavy atom. The minimum Gasteiger partial charge on any atom is -0.451 e. The van der Waals surface area contributed by atoms with Gasteiger partial charge >= 0.3 is 5.97 Å². The van der Waals surface area contributed by atoms with E-state index in [4.69, 9.17) is 4.74 Å². The van der Waals surface area contributed by atoms with Crippen LogP contribution in [-0.2, 0) is 4.74 Å². The normalized spacial score (nSPS) is 32.5. The number of allylic oxidation sites excluding steroid dienone is 1. The molecular weight excluding hydrogens is 248 g/mol. The SMILES string of the molecule is C/C=C/[C@@]1(OC(=O)c2ccccc2)C[C@@H]2CCCC[C@@H]21. The van der Waals surface area contributed by atoms with Gasteiger partial charge in [0.15, 0.2) is 0 Å². The molecule has 106 valence electrons. The van der Waals surface area contributed by atoms with Gasteiger partial charge in [0.25, 0.3) is 0 Å². The van der Waals surface area contributed by atoms with E-state index in [-0.39, 0.29) is 11.6 Å². The summed E-state index contributed by atoms with van der Waals surface area (Å²) in [6, 6.07) is 9.32. The lowest BCUT2D eigenvalue weighted by atomic mass is 9.55. The molecule has 2 fully saturated rings. The predicted octanol–water partition coefficient (Wildman–Crippen LogP) is 4.37. The second-order valence-electron chi connectivity index (χ2n) is 6.07. The van der Waals surface area contributed by atoms with Crippen LogP contribution in [0.2, 0.25) is 0 Å². The molecule has 0 aliphatic heterocycles. The van der Waals surface area contributed by atoms with E-state index in [0.29, 0.717) is 11.5 Å². The van der Waals surface area contributed by atoms with Crippen LogP contribution < -0.4 is 0 Å². The fraction of sp³-hybridized carbons (Fsp3) is 0.500. The summed E-state index contributed by atoms with van der Waals surface area (Å²) in [4.78, 5) is 12.3. The maximum absolute atomic E-state index is 12.3. The number of esters is 1. The molecule has 2 heteroatoms. The quantitative estimate of drug-likeness (QED) is 0.602. The zero-order valence-electron chi connectivity index (χ0n) is 12.0. The van der Waals surface area contributed by atoms with Crippen molar-refractivity contribution in [2.45, 2.75) is 44.6 Å². The maximum Gasteiger partial charge on any atom is 0.339 e. The van der Waals surface area contributed by atoms with E-state index in [2.05, 4.69) is 6.08 Å². The van der Waals surface area contributed by atoms with Gasteiger partial charge in [0.2, 0.25) is 0 Å². The molecule has 2 aliphatic rings. The van der Waals surface area contributed by atoms with Gasteiger partial charge in [0.1, 0.15) is 5.60 Å². The fourth-order valence-electron chi connectivity index (χ4n) is 3.93. The molecule has 2 saturated carbocycles. The van der Waals surface area contributed by atoms with Gasteiger partial charge in [-0.3, -0.25) is 0 Å². The maximum atomic E-state index is 12.3. The first kappa shape index (κ1) is 13.4. The molecule has 0 aromatic heterocycles. The molecular formula is C18H22O2. The molecule has 0 heterocycles. The van der Waals surface area contributed by atoms with E-state index in [1.807, 2.05) is 43.3 Å². The highest BCUT2D eigenvalue weighted by atomic mass is 16.6. The van der Waals surface area contributed by atoms with Crippen LogP contribution in [0.5, 0.6) is 0 Å². The smallest absolute Gasteiger partial charge is 0.339 e. The minimum atomic E-state index is -0.341. The van der Waals surface area contributed by atoms with Gasteiger partial charge in [-0.15, -0.1) is 0 Å². The van der Waals surface area contributed by atoms with Crippen molar-refractivity contribution in [1.82, 2.24) is 0 Å². The zero-order valence-corrected chi connectivity index (χ0v) is 12.0. The van der Waals surface area contributed by atoms with Crippen LogP contribution in [0.1, 0.15) is 49.4 Å². The average Bonchev–Trinajstić information content (AvgIpc) is 2.47. The lowest BCUT2D eigenvalue weighted by Crippen LogP contribution is -2.56. The third-order valence-corrected chi connectivity index (χ3v) is 4.86. The van der Waals surface area contributed by atoms with Gasteiger partial charge in [-0.1, -0.05) is 37.1 Å². The molecule has 0 bridgehead atoms. The van der Waals surface area contributed by atoms with Gasteiger partial charge in [0, 0.05) is 5.92 Å². The Kier molecular flexibility index (Phi) is 3.64. The molecule has 0 N–H and O–H groups in total. The van der Waals surface area contributed by atoms with Crippen molar-refractivity contribution in [2.24, 2.45) is 11.8 Å². The zero-order chi connectivity index (χ0) is 14.0. The van der Waals surface area contributed by atoms with Gasteiger partial charge in [-0.05, 0) is 50.3 Å². The molecule has 20 heavy (non-hydrogen) atoms. The van der Waals surface area contributed by atoms with Crippen molar-refractivity contribution >= 4 is 5.97 Å². The molecule has 0 radical (unpaired) electrons. The topological polar surface area (TPSA) is 26.3 Å². The first-order chi connectivity index (χ1) is 9.75. The lowest BCUT2D eigenvalue weighted by Gasteiger charge is -2.55. The highest BCUT2D eigenvalue weighted by Crippen LogP contribution is 2.54. The molecule has 2 aliphatic carbocycles. The summed E-state index contributed by atoms with van der Waals surface area (Å²) in [7, 11) is 0. The van der Waals surface area contributed by atoms with Crippen LogP contribution in [-0.4, -0.2) is 11.6 Å². The molecule has 1 aromatic rings. The number of fused-ring (bicyclic) bond motifs is 1. The number of rotatable bonds is 3.